The lowest BCUT2D eigenvalue weighted by Gasteiger charge is -2.08. The Balaban J connectivity index is 1.96. The van der Waals surface area contributed by atoms with Crippen molar-refractivity contribution in [2.75, 3.05) is 0 Å². The number of nitrogens with zero attached hydrogens (tertiary/aromatic N) is 1. The summed E-state index contributed by atoms with van der Waals surface area (Å²) in [5, 5.41) is 20.5. The van der Waals surface area contributed by atoms with Gasteiger partial charge >= 0.3 is 0 Å². The number of fused-ring (bicyclic) bond motifs is 1. The van der Waals surface area contributed by atoms with Crippen LogP contribution in [0.25, 0.3) is 10.9 Å². The van der Waals surface area contributed by atoms with Gasteiger partial charge in [-0.05, 0) is 38.1 Å². The number of ether oxygens (including phenoxy) is 1. The summed E-state index contributed by atoms with van der Waals surface area (Å²) in [5.74, 6) is 0.847. The molecule has 0 amide bonds. The monoisotopic (exact) mass is 297 g/mol. The minimum atomic E-state index is 0.132. The van der Waals surface area contributed by atoms with Crippen molar-refractivity contribution >= 4 is 10.9 Å². The van der Waals surface area contributed by atoms with E-state index in [1.807, 2.05) is 18.3 Å². The number of aromatic nitrogens is 1. The summed E-state index contributed by atoms with van der Waals surface area (Å²) in [6.45, 7) is 4.55. The summed E-state index contributed by atoms with van der Waals surface area (Å²) in [6.07, 6.45) is 2.04. The highest BCUT2D eigenvalue weighted by atomic mass is 16.5. The molecule has 3 rings (SSSR count). The molecule has 0 aliphatic carbocycles. The standard InChI is InChI=1S/C18H19NO3/c1-12(2)19-10-13(15-8-7-14(20)9-16(15)19)11-22-18-6-4-3-5-17(18)21/h3-10,12,20-21H,11H2,1-2H3. The lowest BCUT2D eigenvalue weighted by Crippen LogP contribution is -1.98. The number of phenols is 2. The van der Waals surface area contributed by atoms with Gasteiger partial charge in [-0.2, -0.15) is 0 Å². The maximum absolute atomic E-state index is 9.77. The average Bonchev–Trinajstić information content (AvgIpc) is 2.84. The number of para-hydroxylation sites is 2. The summed E-state index contributed by atoms with van der Waals surface area (Å²) >= 11 is 0. The van der Waals surface area contributed by atoms with Gasteiger partial charge in [0.15, 0.2) is 11.5 Å². The molecule has 4 nitrogen and oxygen atoms in total. The molecule has 0 radical (unpaired) electrons. The molecule has 0 unspecified atom stereocenters. The van der Waals surface area contributed by atoms with Gasteiger partial charge in [-0.15, -0.1) is 0 Å². The molecule has 2 aromatic carbocycles. The van der Waals surface area contributed by atoms with Crippen LogP contribution in [0.2, 0.25) is 0 Å². The molecule has 3 aromatic rings. The van der Waals surface area contributed by atoms with Crippen molar-refractivity contribution in [2.45, 2.75) is 26.5 Å². The fourth-order valence-electron chi connectivity index (χ4n) is 2.59. The number of phenolic OH excluding ortho intramolecular Hbond substituents is 2. The van der Waals surface area contributed by atoms with E-state index in [1.165, 1.54) is 0 Å². The Labute approximate surface area is 129 Å². The van der Waals surface area contributed by atoms with E-state index in [2.05, 4.69) is 18.4 Å². The fourth-order valence-corrected chi connectivity index (χ4v) is 2.59. The minimum absolute atomic E-state index is 0.132. The second-order valence-corrected chi connectivity index (χ2v) is 5.61. The van der Waals surface area contributed by atoms with Crippen molar-refractivity contribution in [1.82, 2.24) is 4.57 Å². The van der Waals surface area contributed by atoms with E-state index in [1.54, 1.807) is 30.3 Å². The van der Waals surface area contributed by atoms with Crippen LogP contribution in [0.15, 0.2) is 48.7 Å². The Bertz CT molecular complexity index is 805. The van der Waals surface area contributed by atoms with Gasteiger partial charge in [0, 0.05) is 29.3 Å². The van der Waals surface area contributed by atoms with Gasteiger partial charge in [0.1, 0.15) is 12.4 Å². The zero-order chi connectivity index (χ0) is 15.7. The molecule has 114 valence electrons. The highest BCUT2D eigenvalue weighted by molar-refractivity contribution is 5.85. The number of hydrogen-bond donors (Lipinski definition) is 2. The number of benzene rings is 2. The molecular formula is C18H19NO3. The second-order valence-electron chi connectivity index (χ2n) is 5.61. The first-order chi connectivity index (χ1) is 10.6. The quantitative estimate of drug-likeness (QED) is 0.758. The van der Waals surface area contributed by atoms with Gasteiger partial charge in [0.2, 0.25) is 0 Å². The Morgan fingerprint density at radius 3 is 2.59 bits per heavy atom. The smallest absolute Gasteiger partial charge is 0.161 e. The molecule has 0 aliphatic rings. The van der Waals surface area contributed by atoms with Crippen LogP contribution in [0.1, 0.15) is 25.5 Å². The zero-order valence-corrected chi connectivity index (χ0v) is 12.7. The fraction of sp³-hybridized carbons (Fsp3) is 0.222. The molecule has 0 aliphatic heterocycles. The molecular weight excluding hydrogens is 278 g/mol. The summed E-state index contributed by atoms with van der Waals surface area (Å²) < 4.78 is 7.84. The molecule has 0 spiro atoms. The minimum Gasteiger partial charge on any atom is -0.508 e. The largest absolute Gasteiger partial charge is 0.508 e. The molecule has 1 heterocycles. The topological polar surface area (TPSA) is 54.6 Å². The summed E-state index contributed by atoms with van der Waals surface area (Å²) in [6, 6.07) is 12.5. The Kier molecular flexibility index (Phi) is 3.67. The lowest BCUT2D eigenvalue weighted by molar-refractivity contribution is 0.290. The van der Waals surface area contributed by atoms with Crippen LogP contribution in [-0.2, 0) is 6.61 Å². The molecule has 22 heavy (non-hydrogen) atoms. The van der Waals surface area contributed by atoms with Gasteiger partial charge in [-0.25, -0.2) is 0 Å². The van der Waals surface area contributed by atoms with E-state index < -0.39 is 0 Å². The van der Waals surface area contributed by atoms with Gasteiger partial charge < -0.3 is 19.5 Å². The van der Waals surface area contributed by atoms with Crippen molar-refractivity contribution in [3.63, 3.8) is 0 Å². The zero-order valence-electron chi connectivity index (χ0n) is 12.7. The van der Waals surface area contributed by atoms with E-state index in [0.717, 1.165) is 16.5 Å². The normalized spacial score (nSPS) is 11.2. The third kappa shape index (κ3) is 2.60. The highest BCUT2D eigenvalue weighted by Gasteiger charge is 2.12. The van der Waals surface area contributed by atoms with Crippen LogP contribution in [0.3, 0.4) is 0 Å². The number of aromatic hydroxyl groups is 2. The summed E-state index contributed by atoms with van der Waals surface area (Å²) in [4.78, 5) is 0. The predicted molar refractivity (Wildman–Crippen MR) is 86.4 cm³/mol. The molecule has 1 aromatic heterocycles. The SMILES string of the molecule is CC(C)n1cc(COc2ccccc2O)c2ccc(O)cc21. The molecule has 0 bridgehead atoms. The van der Waals surface area contributed by atoms with Crippen LogP contribution in [0.5, 0.6) is 17.2 Å². The van der Waals surface area contributed by atoms with E-state index in [0.29, 0.717) is 12.4 Å². The van der Waals surface area contributed by atoms with Gasteiger partial charge in [0.25, 0.3) is 0 Å². The molecule has 0 saturated carbocycles. The molecule has 2 N–H and O–H groups in total. The molecule has 0 atom stereocenters. The van der Waals surface area contributed by atoms with Gasteiger partial charge in [-0.1, -0.05) is 12.1 Å². The van der Waals surface area contributed by atoms with Crippen molar-refractivity contribution in [3.05, 3.63) is 54.2 Å². The number of hydrogen-bond acceptors (Lipinski definition) is 3. The Morgan fingerprint density at radius 2 is 1.86 bits per heavy atom. The van der Waals surface area contributed by atoms with Crippen molar-refractivity contribution in [3.8, 4) is 17.2 Å². The first-order valence-corrected chi connectivity index (χ1v) is 7.29. The maximum Gasteiger partial charge on any atom is 0.161 e. The Hall–Kier alpha value is -2.62. The van der Waals surface area contributed by atoms with Gasteiger partial charge in [-0.3, -0.25) is 0 Å². The highest BCUT2D eigenvalue weighted by Crippen LogP contribution is 2.30. The first kappa shape index (κ1) is 14.3. The van der Waals surface area contributed by atoms with Gasteiger partial charge in [0.05, 0.1) is 5.52 Å². The van der Waals surface area contributed by atoms with Crippen LogP contribution in [-0.4, -0.2) is 14.8 Å². The van der Waals surface area contributed by atoms with Crippen LogP contribution in [0, 0.1) is 0 Å². The van der Waals surface area contributed by atoms with E-state index in [-0.39, 0.29) is 17.5 Å². The van der Waals surface area contributed by atoms with E-state index >= 15 is 0 Å². The third-order valence-electron chi connectivity index (χ3n) is 3.71. The molecule has 0 saturated heterocycles. The van der Waals surface area contributed by atoms with E-state index in [9.17, 15) is 10.2 Å². The second kappa shape index (κ2) is 5.64. The maximum atomic E-state index is 9.77. The summed E-state index contributed by atoms with van der Waals surface area (Å²) in [5.41, 5.74) is 2.00. The third-order valence-corrected chi connectivity index (χ3v) is 3.71. The predicted octanol–water partition coefficient (Wildman–Crippen LogP) is 4.21. The number of rotatable bonds is 4. The van der Waals surface area contributed by atoms with Crippen LogP contribution in [0.4, 0.5) is 0 Å². The van der Waals surface area contributed by atoms with Crippen LogP contribution < -0.4 is 4.74 Å². The molecule has 4 heteroatoms. The Morgan fingerprint density at radius 1 is 1.09 bits per heavy atom. The van der Waals surface area contributed by atoms with Crippen molar-refractivity contribution in [1.29, 1.82) is 0 Å². The lowest BCUT2D eigenvalue weighted by atomic mass is 10.2. The van der Waals surface area contributed by atoms with Crippen LogP contribution >= 0.6 is 0 Å². The van der Waals surface area contributed by atoms with E-state index in [4.69, 9.17) is 4.74 Å². The first-order valence-electron chi connectivity index (χ1n) is 7.29. The average molecular weight is 297 g/mol. The van der Waals surface area contributed by atoms with Crippen molar-refractivity contribution in [2.24, 2.45) is 0 Å². The summed E-state index contributed by atoms with van der Waals surface area (Å²) in [7, 11) is 0. The molecule has 0 fully saturated rings. The van der Waals surface area contributed by atoms with Crippen molar-refractivity contribution < 1.29 is 14.9 Å².